The van der Waals surface area contributed by atoms with Crippen LogP contribution in [0.25, 0.3) is 0 Å². The van der Waals surface area contributed by atoms with Crippen molar-refractivity contribution in [3.63, 3.8) is 0 Å². The highest BCUT2D eigenvalue weighted by Gasteiger charge is 2.43. The molecule has 3 rings (SSSR count). The van der Waals surface area contributed by atoms with E-state index >= 15 is 0 Å². The van der Waals surface area contributed by atoms with Gasteiger partial charge in [-0.3, -0.25) is 5.43 Å². The second-order valence-electron chi connectivity index (χ2n) is 4.95. The summed E-state index contributed by atoms with van der Waals surface area (Å²) in [5.74, 6) is 0.375. The van der Waals surface area contributed by atoms with Gasteiger partial charge in [0.2, 0.25) is 0 Å². The highest BCUT2D eigenvalue weighted by molar-refractivity contribution is 9.10. The molecule has 4 heteroatoms. The first-order chi connectivity index (χ1) is 8.25. The number of fused-ring (bicyclic) bond motifs is 1. The molecule has 17 heavy (non-hydrogen) atoms. The zero-order valence-corrected chi connectivity index (χ0v) is 11.1. The van der Waals surface area contributed by atoms with E-state index < -0.39 is 6.17 Å². The maximum atomic E-state index is 13.8. The third kappa shape index (κ3) is 2.14. The van der Waals surface area contributed by atoms with Gasteiger partial charge in [0.25, 0.3) is 0 Å². The lowest BCUT2D eigenvalue weighted by Gasteiger charge is -2.30. The molecule has 1 aromatic rings. The van der Waals surface area contributed by atoms with Crippen molar-refractivity contribution >= 4 is 15.9 Å². The van der Waals surface area contributed by atoms with Gasteiger partial charge in [0.15, 0.2) is 0 Å². The molecule has 0 spiro atoms. The topological polar surface area (TPSA) is 24.1 Å². The highest BCUT2D eigenvalue weighted by Crippen LogP contribution is 2.39. The summed E-state index contributed by atoms with van der Waals surface area (Å²) in [5.41, 5.74) is 7.63. The van der Waals surface area contributed by atoms with Gasteiger partial charge in [-0.1, -0.05) is 34.5 Å². The Bertz CT molecular complexity index is 395. The van der Waals surface area contributed by atoms with E-state index in [-0.39, 0.29) is 12.1 Å². The first-order valence-corrected chi connectivity index (χ1v) is 6.95. The van der Waals surface area contributed by atoms with Gasteiger partial charge in [0.05, 0.1) is 12.1 Å². The van der Waals surface area contributed by atoms with Crippen molar-refractivity contribution in [3.8, 4) is 0 Å². The molecule has 92 valence electrons. The van der Waals surface area contributed by atoms with Crippen molar-refractivity contribution in [2.45, 2.75) is 37.5 Å². The monoisotopic (exact) mass is 298 g/mol. The molecule has 0 bridgehead atoms. The van der Waals surface area contributed by atoms with E-state index in [1.165, 1.54) is 5.56 Å². The molecule has 1 aromatic carbocycles. The van der Waals surface area contributed by atoms with Gasteiger partial charge < -0.3 is 0 Å². The van der Waals surface area contributed by atoms with E-state index in [0.29, 0.717) is 12.3 Å². The molecule has 4 unspecified atom stereocenters. The second-order valence-corrected chi connectivity index (χ2v) is 5.87. The number of hydrazine groups is 1. The number of hydrogen-bond donors (Lipinski definition) is 2. The van der Waals surface area contributed by atoms with Crippen molar-refractivity contribution in [3.05, 3.63) is 34.3 Å². The van der Waals surface area contributed by atoms with Crippen LogP contribution in [0.15, 0.2) is 28.7 Å². The van der Waals surface area contributed by atoms with Gasteiger partial charge in [-0.25, -0.2) is 9.82 Å². The molecule has 1 saturated carbocycles. The molecule has 2 N–H and O–H groups in total. The van der Waals surface area contributed by atoms with Gasteiger partial charge >= 0.3 is 0 Å². The molecule has 2 nitrogen and oxygen atoms in total. The molecular formula is C13H16BrFN2. The molecule has 4 atom stereocenters. The fourth-order valence-electron chi connectivity index (χ4n) is 3.04. The van der Waals surface area contributed by atoms with Gasteiger partial charge in [0.1, 0.15) is 6.17 Å². The number of alkyl halides is 1. The normalized spacial score (nSPS) is 36.8. The SMILES string of the molecule is FC1CCCC2C(c3ccc(Br)cc3)NNC12. The van der Waals surface area contributed by atoms with Gasteiger partial charge in [-0.2, -0.15) is 0 Å². The van der Waals surface area contributed by atoms with E-state index in [1.807, 2.05) is 12.1 Å². The lowest BCUT2D eigenvalue weighted by atomic mass is 9.79. The molecule has 1 aliphatic carbocycles. The predicted octanol–water partition coefficient (Wildman–Crippen LogP) is 3.10. The second kappa shape index (κ2) is 4.67. The number of hydrogen-bond acceptors (Lipinski definition) is 2. The highest BCUT2D eigenvalue weighted by atomic mass is 79.9. The molecule has 0 radical (unpaired) electrons. The standard InChI is InChI=1S/C13H16BrFN2/c14-9-6-4-8(5-7-9)12-10-2-1-3-11(15)13(10)17-16-12/h4-7,10-13,16-17H,1-3H2. The van der Waals surface area contributed by atoms with E-state index in [0.717, 1.165) is 17.3 Å². The summed E-state index contributed by atoms with van der Waals surface area (Å²) in [5, 5.41) is 0. The summed E-state index contributed by atoms with van der Waals surface area (Å²) < 4.78 is 14.9. The van der Waals surface area contributed by atoms with Crippen molar-refractivity contribution in [2.75, 3.05) is 0 Å². The summed E-state index contributed by atoms with van der Waals surface area (Å²) in [4.78, 5) is 0. The first kappa shape index (κ1) is 11.6. The van der Waals surface area contributed by atoms with Crippen molar-refractivity contribution in [1.29, 1.82) is 0 Å². The molecule has 1 saturated heterocycles. The minimum Gasteiger partial charge on any atom is -0.251 e. The van der Waals surface area contributed by atoms with Crippen LogP contribution in [0.5, 0.6) is 0 Å². The average Bonchev–Trinajstić information content (AvgIpc) is 2.75. The molecule has 0 aromatic heterocycles. The molecule has 0 amide bonds. The maximum absolute atomic E-state index is 13.8. The lowest BCUT2D eigenvalue weighted by Crippen LogP contribution is -2.41. The van der Waals surface area contributed by atoms with Crippen LogP contribution in [-0.4, -0.2) is 12.2 Å². The number of halogens is 2. The molecular weight excluding hydrogens is 283 g/mol. The minimum atomic E-state index is -0.707. The van der Waals surface area contributed by atoms with Crippen LogP contribution in [0.1, 0.15) is 30.9 Å². The molecule has 2 fully saturated rings. The van der Waals surface area contributed by atoms with Crippen LogP contribution < -0.4 is 10.9 Å². The third-order valence-corrected chi connectivity index (χ3v) is 4.46. The summed E-state index contributed by atoms with van der Waals surface area (Å²) >= 11 is 3.44. The van der Waals surface area contributed by atoms with Gasteiger partial charge in [0, 0.05) is 4.47 Å². The quantitative estimate of drug-likeness (QED) is 0.832. The zero-order valence-electron chi connectivity index (χ0n) is 9.50. The van der Waals surface area contributed by atoms with Gasteiger partial charge in [-0.15, -0.1) is 0 Å². The molecule has 2 aliphatic rings. The fourth-order valence-corrected chi connectivity index (χ4v) is 3.31. The van der Waals surface area contributed by atoms with E-state index in [2.05, 4.69) is 38.9 Å². The summed E-state index contributed by atoms with van der Waals surface area (Å²) in [6, 6.07) is 8.52. The predicted molar refractivity (Wildman–Crippen MR) is 69.2 cm³/mol. The van der Waals surface area contributed by atoms with Crippen LogP contribution in [0.3, 0.4) is 0 Å². The average molecular weight is 299 g/mol. The fraction of sp³-hybridized carbons (Fsp3) is 0.538. The van der Waals surface area contributed by atoms with Crippen molar-refractivity contribution < 1.29 is 4.39 Å². The Kier molecular flexibility index (Phi) is 3.19. The number of nitrogens with one attached hydrogen (secondary N) is 2. The maximum Gasteiger partial charge on any atom is 0.117 e. The van der Waals surface area contributed by atoms with Crippen molar-refractivity contribution in [2.24, 2.45) is 5.92 Å². The largest absolute Gasteiger partial charge is 0.251 e. The first-order valence-electron chi connectivity index (χ1n) is 6.16. The van der Waals surface area contributed by atoms with E-state index in [1.54, 1.807) is 0 Å². The Morgan fingerprint density at radius 1 is 1.12 bits per heavy atom. The molecule has 1 aliphatic heterocycles. The zero-order chi connectivity index (χ0) is 11.8. The van der Waals surface area contributed by atoms with Crippen LogP contribution in [0.4, 0.5) is 4.39 Å². The number of benzene rings is 1. The summed E-state index contributed by atoms with van der Waals surface area (Å²) in [6.07, 6.45) is 2.09. The summed E-state index contributed by atoms with van der Waals surface area (Å²) in [6.45, 7) is 0. The molecule has 1 heterocycles. The Morgan fingerprint density at radius 3 is 2.65 bits per heavy atom. The van der Waals surface area contributed by atoms with Crippen molar-refractivity contribution in [1.82, 2.24) is 10.9 Å². The summed E-state index contributed by atoms with van der Waals surface area (Å²) in [7, 11) is 0. The Balaban J connectivity index is 1.83. The minimum absolute atomic E-state index is 0.0163. The number of rotatable bonds is 1. The van der Waals surface area contributed by atoms with Crippen LogP contribution >= 0.6 is 15.9 Å². The third-order valence-electron chi connectivity index (χ3n) is 3.93. The van der Waals surface area contributed by atoms with Gasteiger partial charge in [-0.05, 0) is 36.5 Å². The lowest BCUT2D eigenvalue weighted by molar-refractivity contribution is 0.162. The van der Waals surface area contributed by atoms with Crippen LogP contribution in [0.2, 0.25) is 0 Å². The van der Waals surface area contributed by atoms with E-state index in [9.17, 15) is 4.39 Å². The Labute approximate surface area is 109 Å². The smallest absolute Gasteiger partial charge is 0.117 e. The van der Waals surface area contributed by atoms with Crippen LogP contribution in [-0.2, 0) is 0 Å². The van der Waals surface area contributed by atoms with Crippen LogP contribution in [0, 0.1) is 5.92 Å². The Morgan fingerprint density at radius 2 is 1.88 bits per heavy atom. The van der Waals surface area contributed by atoms with E-state index in [4.69, 9.17) is 0 Å². The Hall–Kier alpha value is -0.450.